The summed E-state index contributed by atoms with van der Waals surface area (Å²) in [5.74, 6) is 1.03. The van der Waals surface area contributed by atoms with Gasteiger partial charge in [-0.2, -0.15) is 0 Å². The van der Waals surface area contributed by atoms with Crippen molar-refractivity contribution < 1.29 is 14.3 Å². The minimum atomic E-state index is -0.623. The van der Waals surface area contributed by atoms with Crippen molar-refractivity contribution >= 4 is 70.8 Å². The number of anilines is 1. The lowest BCUT2D eigenvalue weighted by Gasteiger charge is -2.42. The summed E-state index contributed by atoms with van der Waals surface area (Å²) in [6, 6.07) is 14.2. The first kappa shape index (κ1) is 29.6. The molecule has 0 spiro atoms. The van der Waals surface area contributed by atoms with Crippen LogP contribution in [0.3, 0.4) is 0 Å². The Bertz CT molecular complexity index is 1020. The molecule has 5 nitrogen and oxygen atoms in total. The molecule has 1 saturated carbocycles. The maximum atomic E-state index is 14.3. The minimum Gasteiger partial charge on any atom is -0.360 e. The third-order valence-electron chi connectivity index (χ3n) is 6.30. The molecule has 0 aromatic heterocycles. The fourth-order valence-electron chi connectivity index (χ4n) is 4.45. The SMILES string of the molecule is CC.O=C(C1C(c2cccc(Cl)c2)CCC(=O)N1CC1CC1)N(COCCSI)c1cccc(Cl)c1. The zero-order valence-electron chi connectivity index (χ0n) is 20.7. The summed E-state index contributed by atoms with van der Waals surface area (Å²) in [7, 11) is 1.66. The Morgan fingerprint density at radius 2 is 1.81 bits per heavy atom. The predicted molar refractivity (Wildman–Crippen MR) is 159 cm³/mol. The van der Waals surface area contributed by atoms with E-state index in [0.717, 1.165) is 24.2 Å². The Hall–Kier alpha value is -1.00. The second-order valence-corrected chi connectivity index (χ2v) is 12.1. The molecule has 36 heavy (non-hydrogen) atoms. The van der Waals surface area contributed by atoms with Crippen LogP contribution in [-0.2, 0) is 14.3 Å². The molecule has 1 aliphatic carbocycles. The van der Waals surface area contributed by atoms with E-state index >= 15 is 0 Å². The van der Waals surface area contributed by atoms with E-state index in [1.165, 1.54) is 0 Å². The van der Waals surface area contributed by atoms with Crippen LogP contribution in [0.1, 0.15) is 51.0 Å². The topological polar surface area (TPSA) is 49.9 Å². The molecule has 9 heteroatoms. The fourth-order valence-corrected chi connectivity index (χ4v) is 5.56. The molecule has 1 aliphatic heterocycles. The first-order chi connectivity index (χ1) is 17.5. The number of carbonyl (C=O) groups is 2. The number of halogens is 3. The number of piperidine rings is 1. The molecule has 196 valence electrons. The van der Waals surface area contributed by atoms with Crippen LogP contribution in [0.15, 0.2) is 48.5 Å². The van der Waals surface area contributed by atoms with Crippen LogP contribution in [0.5, 0.6) is 0 Å². The number of rotatable bonds is 10. The van der Waals surface area contributed by atoms with Crippen LogP contribution in [0.2, 0.25) is 10.0 Å². The van der Waals surface area contributed by atoms with E-state index in [4.69, 9.17) is 27.9 Å². The second kappa shape index (κ2) is 14.8. The molecular formula is C27H33Cl2IN2O3S. The molecule has 0 N–H and O–H groups in total. The lowest BCUT2D eigenvalue weighted by Crippen LogP contribution is -2.57. The number of likely N-dealkylation sites (tertiary alicyclic amines) is 1. The first-order valence-electron chi connectivity index (χ1n) is 12.4. The lowest BCUT2D eigenvalue weighted by atomic mass is 9.82. The summed E-state index contributed by atoms with van der Waals surface area (Å²) in [6.07, 6.45) is 3.23. The van der Waals surface area contributed by atoms with Crippen molar-refractivity contribution in [3.05, 3.63) is 64.1 Å². The highest BCUT2D eigenvalue weighted by Gasteiger charge is 2.45. The van der Waals surface area contributed by atoms with E-state index < -0.39 is 6.04 Å². The smallest absolute Gasteiger partial charge is 0.252 e. The van der Waals surface area contributed by atoms with Crippen molar-refractivity contribution in [1.29, 1.82) is 0 Å². The summed E-state index contributed by atoms with van der Waals surface area (Å²) >= 11 is 14.8. The highest BCUT2D eigenvalue weighted by atomic mass is 127. The highest BCUT2D eigenvalue weighted by Crippen LogP contribution is 2.39. The number of carbonyl (C=O) groups excluding carboxylic acids is 2. The Kier molecular flexibility index (Phi) is 12.2. The van der Waals surface area contributed by atoms with Gasteiger partial charge in [0.15, 0.2) is 0 Å². The number of amides is 2. The van der Waals surface area contributed by atoms with E-state index in [9.17, 15) is 9.59 Å². The van der Waals surface area contributed by atoms with Gasteiger partial charge in [0.1, 0.15) is 12.8 Å². The summed E-state index contributed by atoms with van der Waals surface area (Å²) in [5.41, 5.74) is 1.64. The van der Waals surface area contributed by atoms with Crippen molar-refractivity contribution in [1.82, 2.24) is 4.90 Å². The number of hydrogen-bond acceptors (Lipinski definition) is 4. The Morgan fingerprint density at radius 1 is 1.11 bits per heavy atom. The molecular weight excluding hydrogens is 630 g/mol. The van der Waals surface area contributed by atoms with Crippen LogP contribution >= 0.6 is 53.3 Å². The monoisotopic (exact) mass is 662 g/mol. The van der Waals surface area contributed by atoms with Gasteiger partial charge in [-0.15, -0.1) is 0 Å². The normalized spacial score (nSPS) is 19.5. The third kappa shape index (κ3) is 8.00. The maximum Gasteiger partial charge on any atom is 0.252 e. The molecule has 2 unspecified atom stereocenters. The van der Waals surface area contributed by atoms with Crippen LogP contribution in [0.4, 0.5) is 5.69 Å². The highest BCUT2D eigenvalue weighted by molar-refractivity contribution is 14.2. The van der Waals surface area contributed by atoms with Crippen LogP contribution in [0, 0.1) is 5.92 Å². The second-order valence-electron chi connectivity index (χ2n) is 8.73. The lowest BCUT2D eigenvalue weighted by molar-refractivity contribution is -0.144. The van der Waals surface area contributed by atoms with Gasteiger partial charge >= 0.3 is 0 Å². The molecule has 2 aromatic carbocycles. The molecule has 0 bridgehead atoms. The minimum absolute atomic E-state index is 0.0387. The Morgan fingerprint density at radius 3 is 2.44 bits per heavy atom. The van der Waals surface area contributed by atoms with Gasteiger partial charge in [-0.3, -0.25) is 14.5 Å². The van der Waals surface area contributed by atoms with Gasteiger partial charge in [0, 0.05) is 40.4 Å². The average molecular weight is 663 g/mol. The van der Waals surface area contributed by atoms with Gasteiger partial charge in [0.2, 0.25) is 5.91 Å². The quantitative estimate of drug-likeness (QED) is 0.149. The number of nitrogens with zero attached hydrogens (tertiary/aromatic N) is 2. The van der Waals surface area contributed by atoms with Crippen molar-refractivity contribution in [2.75, 3.05) is 30.5 Å². The van der Waals surface area contributed by atoms with Crippen LogP contribution < -0.4 is 4.90 Å². The Labute approximate surface area is 240 Å². The van der Waals surface area contributed by atoms with Crippen molar-refractivity contribution in [2.24, 2.45) is 5.92 Å². The van der Waals surface area contributed by atoms with E-state index in [1.54, 1.807) is 26.0 Å². The van der Waals surface area contributed by atoms with E-state index in [2.05, 4.69) is 21.2 Å². The Balaban J connectivity index is 0.00000176. The maximum absolute atomic E-state index is 14.3. The molecule has 2 aliphatic rings. The molecule has 1 saturated heterocycles. The fraction of sp³-hybridized carbons (Fsp3) is 0.481. The van der Waals surface area contributed by atoms with Crippen LogP contribution in [0.25, 0.3) is 0 Å². The van der Waals surface area contributed by atoms with Gasteiger partial charge in [-0.25, -0.2) is 0 Å². The largest absolute Gasteiger partial charge is 0.360 e. The van der Waals surface area contributed by atoms with E-state index in [-0.39, 0.29) is 24.5 Å². The van der Waals surface area contributed by atoms with Gasteiger partial charge in [0.25, 0.3) is 5.91 Å². The molecule has 2 atom stereocenters. The van der Waals surface area contributed by atoms with E-state index in [1.807, 2.05) is 55.1 Å². The van der Waals surface area contributed by atoms with Crippen molar-refractivity contribution in [2.45, 2.75) is 51.5 Å². The number of hydrogen-bond donors (Lipinski definition) is 0. The van der Waals surface area contributed by atoms with Crippen LogP contribution in [-0.4, -0.2) is 48.4 Å². The van der Waals surface area contributed by atoms with Gasteiger partial charge < -0.3 is 9.64 Å². The molecule has 2 fully saturated rings. The molecule has 2 amide bonds. The molecule has 0 radical (unpaired) electrons. The van der Waals surface area contributed by atoms with Gasteiger partial charge in [-0.05, 0) is 82.3 Å². The molecule has 1 heterocycles. The van der Waals surface area contributed by atoms with Gasteiger partial charge in [0.05, 0.1) is 6.61 Å². The number of benzene rings is 2. The summed E-state index contributed by atoms with van der Waals surface area (Å²) in [4.78, 5) is 30.8. The van der Waals surface area contributed by atoms with E-state index in [0.29, 0.717) is 47.6 Å². The summed E-state index contributed by atoms with van der Waals surface area (Å²) in [5, 5.41) is 1.17. The number of ether oxygens (including phenoxy) is 1. The zero-order chi connectivity index (χ0) is 26.1. The predicted octanol–water partition coefficient (Wildman–Crippen LogP) is 7.59. The standard InChI is InChI=1S/C25H27Cl2IN2O3S.C2H6/c26-19-4-1-3-18(13-19)22-9-10-23(31)29(15-17-7-8-17)24(22)25(32)30(16-33-11-12-34-28)21-6-2-5-20(27)14-21;1-2/h1-6,13-14,17,22,24H,7-12,15-16H2;1-2H3. The van der Waals surface area contributed by atoms with Crippen molar-refractivity contribution in [3.63, 3.8) is 0 Å². The van der Waals surface area contributed by atoms with Gasteiger partial charge in [-0.1, -0.05) is 64.2 Å². The molecule has 2 aromatic rings. The zero-order valence-corrected chi connectivity index (χ0v) is 25.2. The summed E-state index contributed by atoms with van der Waals surface area (Å²) < 4.78 is 5.87. The summed E-state index contributed by atoms with van der Waals surface area (Å²) in [6.45, 7) is 5.23. The average Bonchev–Trinajstić information content (AvgIpc) is 3.70. The molecule has 4 rings (SSSR count). The van der Waals surface area contributed by atoms with Crippen molar-refractivity contribution in [3.8, 4) is 0 Å². The third-order valence-corrected chi connectivity index (χ3v) is 8.41. The first-order valence-corrected chi connectivity index (χ1v) is 16.7.